The van der Waals surface area contributed by atoms with Crippen LogP contribution in [0.3, 0.4) is 0 Å². The minimum absolute atomic E-state index is 0.168. The number of hydrogen-bond acceptors (Lipinski definition) is 5. The number of thioether (sulfide) groups is 1. The number of carbonyl (C=O) groups excluding carboxylic acids is 1. The molecular formula is C20H15ClN2O2S2. The molecule has 4 aromatic rings. The van der Waals surface area contributed by atoms with Gasteiger partial charge in [0.1, 0.15) is 5.76 Å². The summed E-state index contributed by atoms with van der Waals surface area (Å²) in [5, 5.41) is 1.15. The molecule has 7 heteroatoms. The number of amides is 1. The molecule has 0 aliphatic carbocycles. The van der Waals surface area contributed by atoms with Crippen LogP contribution in [0.2, 0.25) is 5.02 Å². The van der Waals surface area contributed by atoms with E-state index < -0.39 is 0 Å². The highest BCUT2D eigenvalue weighted by Gasteiger charge is 2.23. The number of benzene rings is 2. The van der Waals surface area contributed by atoms with Gasteiger partial charge < -0.3 is 4.42 Å². The normalized spacial score (nSPS) is 11.0. The maximum absolute atomic E-state index is 13.2. The van der Waals surface area contributed by atoms with E-state index in [0.29, 0.717) is 28.0 Å². The highest BCUT2D eigenvalue weighted by atomic mass is 35.5. The second kappa shape index (κ2) is 7.76. The molecule has 0 unspecified atom stereocenters. The van der Waals surface area contributed by atoms with Gasteiger partial charge in [-0.15, -0.1) is 11.8 Å². The molecule has 2 aromatic heterocycles. The molecular weight excluding hydrogens is 400 g/mol. The lowest BCUT2D eigenvalue weighted by molar-refractivity contribution is 0.0983. The second-order valence-corrected chi connectivity index (χ2v) is 8.14. The summed E-state index contributed by atoms with van der Waals surface area (Å²) >= 11 is 9.24. The molecule has 4 rings (SSSR count). The van der Waals surface area contributed by atoms with Gasteiger partial charge in [-0.05, 0) is 54.8 Å². The smallest absolute Gasteiger partial charge is 0.260 e. The number of furan rings is 1. The number of anilines is 1. The van der Waals surface area contributed by atoms with Crippen molar-refractivity contribution >= 4 is 56.0 Å². The summed E-state index contributed by atoms with van der Waals surface area (Å²) in [5.41, 5.74) is 1.38. The summed E-state index contributed by atoms with van der Waals surface area (Å²) in [4.78, 5) is 20.7. The van der Waals surface area contributed by atoms with Gasteiger partial charge in [-0.3, -0.25) is 9.69 Å². The SMILES string of the molecule is CSc1ccc2nc(N(Cc3ccco3)C(=O)c3cccc(Cl)c3)sc2c1. The second-order valence-electron chi connectivity index (χ2n) is 5.81. The Hall–Kier alpha value is -2.28. The van der Waals surface area contributed by atoms with Crippen molar-refractivity contribution in [1.82, 2.24) is 4.98 Å². The van der Waals surface area contributed by atoms with Crippen LogP contribution < -0.4 is 4.90 Å². The summed E-state index contributed by atoms with van der Waals surface area (Å²) in [6.45, 7) is 0.299. The summed E-state index contributed by atoms with van der Waals surface area (Å²) in [6.07, 6.45) is 3.63. The van der Waals surface area contributed by atoms with E-state index >= 15 is 0 Å². The van der Waals surface area contributed by atoms with Gasteiger partial charge in [-0.1, -0.05) is 29.0 Å². The quantitative estimate of drug-likeness (QED) is 0.369. The third-order valence-corrected chi connectivity index (χ3v) is 6.03. The number of aromatic nitrogens is 1. The minimum Gasteiger partial charge on any atom is -0.467 e. The number of carbonyl (C=O) groups is 1. The minimum atomic E-state index is -0.168. The fraction of sp³-hybridized carbons (Fsp3) is 0.100. The van der Waals surface area contributed by atoms with Crippen molar-refractivity contribution in [3.05, 3.63) is 77.2 Å². The monoisotopic (exact) mass is 414 g/mol. The van der Waals surface area contributed by atoms with Crippen LogP contribution >= 0.6 is 34.7 Å². The predicted molar refractivity (Wildman–Crippen MR) is 112 cm³/mol. The van der Waals surface area contributed by atoms with E-state index in [9.17, 15) is 4.79 Å². The van der Waals surface area contributed by atoms with Crippen LogP contribution in [0.15, 0.2) is 70.2 Å². The zero-order valence-corrected chi connectivity index (χ0v) is 16.8. The van der Waals surface area contributed by atoms with E-state index in [4.69, 9.17) is 16.0 Å². The lowest BCUT2D eigenvalue weighted by atomic mass is 10.2. The predicted octanol–water partition coefficient (Wildman–Crippen LogP) is 6.11. The number of nitrogens with zero attached hydrogens (tertiary/aromatic N) is 2. The lowest BCUT2D eigenvalue weighted by Crippen LogP contribution is -2.30. The lowest BCUT2D eigenvalue weighted by Gasteiger charge is -2.18. The van der Waals surface area contributed by atoms with Crippen LogP contribution in [-0.2, 0) is 6.54 Å². The van der Waals surface area contributed by atoms with Crippen molar-refractivity contribution in [1.29, 1.82) is 0 Å². The molecule has 0 aliphatic rings. The van der Waals surface area contributed by atoms with Crippen LogP contribution in [0.5, 0.6) is 0 Å². The third kappa shape index (κ3) is 3.88. The molecule has 0 atom stereocenters. The molecule has 0 saturated heterocycles. The average Bonchev–Trinajstić information content (AvgIpc) is 3.34. The fourth-order valence-corrected chi connectivity index (χ4v) is 4.40. The molecule has 27 heavy (non-hydrogen) atoms. The number of fused-ring (bicyclic) bond motifs is 1. The van der Waals surface area contributed by atoms with Gasteiger partial charge in [-0.25, -0.2) is 4.98 Å². The van der Waals surface area contributed by atoms with Crippen molar-refractivity contribution in [3.63, 3.8) is 0 Å². The summed E-state index contributed by atoms with van der Waals surface area (Å²) in [7, 11) is 0. The van der Waals surface area contributed by atoms with Gasteiger partial charge in [0.2, 0.25) is 0 Å². The van der Waals surface area contributed by atoms with Crippen LogP contribution in [0, 0.1) is 0 Å². The Morgan fingerprint density at radius 2 is 2.11 bits per heavy atom. The van der Waals surface area contributed by atoms with Crippen molar-refractivity contribution in [2.45, 2.75) is 11.4 Å². The summed E-state index contributed by atoms with van der Waals surface area (Å²) in [6, 6.07) is 16.7. The zero-order chi connectivity index (χ0) is 18.8. The number of thiazole rings is 1. The molecule has 0 fully saturated rings. The number of hydrogen-bond donors (Lipinski definition) is 0. The van der Waals surface area contributed by atoms with E-state index in [-0.39, 0.29) is 5.91 Å². The average molecular weight is 415 g/mol. The Morgan fingerprint density at radius 1 is 1.22 bits per heavy atom. The first kappa shape index (κ1) is 18.1. The maximum Gasteiger partial charge on any atom is 0.260 e. The topological polar surface area (TPSA) is 46.3 Å². The van der Waals surface area contributed by atoms with Gasteiger partial charge in [0.25, 0.3) is 5.91 Å². The Balaban J connectivity index is 1.76. The standard InChI is InChI=1S/C20H15ClN2O2S2/c1-26-16-7-8-17-18(11-16)27-20(22-17)23(12-15-6-3-9-25-15)19(24)13-4-2-5-14(21)10-13/h2-11H,12H2,1H3. The van der Waals surface area contributed by atoms with Crippen LogP contribution in [-0.4, -0.2) is 17.1 Å². The van der Waals surface area contributed by atoms with Crippen LogP contribution in [0.25, 0.3) is 10.2 Å². The first-order valence-corrected chi connectivity index (χ1v) is 10.6. The highest BCUT2D eigenvalue weighted by molar-refractivity contribution is 7.98. The summed E-state index contributed by atoms with van der Waals surface area (Å²) < 4.78 is 6.50. The molecule has 0 spiro atoms. The molecule has 1 amide bonds. The first-order chi connectivity index (χ1) is 13.1. The Kier molecular flexibility index (Phi) is 5.20. The first-order valence-electron chi connectivity index (χ1n) is 8.18. The molecule has 0 N–H and O–H groups in total. The maximum atomic E-state index is 13.2. The molecule has 2 heterocycles. The van der Waals surface area contributed by atoms with Crippen LogP contribution in [0.4, 0.5) is 5.13 Å². The molecule has 0 aliphatic heterocycles. The van der Waals surface area contributed by atoms with Gasteiger partial charge in [0, 0.05) is 15.5 Å². The van der Waals surface area contributed by atoms with E-state index in [0.717, 1.165) is 15.1 Å². The zero-order valence-electron chi connectivity index (χ0n) is 14.4. The Morgan fingerprint density at radius 3 is 2.85 bits per heavy atom. The van der Waals surface area contributed by atoms with Crippen LogP contribution in [0.1, 0.15) is 16.1 Å². The Bertz CT molecular complexity index is 1090. The highest BCUT2D eigenvalue weighted by Crippen LogP contribution is 2.33. The molecule has 0 saturated carbocycles. The molecule has 0 radical (unpaired) electrons. The molecule has 4 nitrogen and oxygen atoms in total. The van der Waals surface area contributed by atoms with E-state index in [1.54, 1.807) is 53.3 Å². The fourth-order valence-electron chi connectivity index (χ4n) is 2.70. The van der Waals surface area contributed by atoms with E-state index in [1.807, 2.05) is 24.5 Å². The van der Waals surface area contributed by atoms with Crippen molar-refractivity contribution in [2.75, 3.05) is 11.2 Å². The van der Waals surface area contributed by atoms with Crippen molar-refractivity contribution < 1.29 is 9.21 Å². The van der Waals surface area contributed by atoms with E-state index in [2.05, 4.69) is 11.1 Å². The van der Waals surface area contributed by atoms with Gasteiger partial charge in [0.05, 0.1) is 23.0 Å². The number of rotatable bonds is 5. The molecule has 2 aromatic carbocycles. The van der Waals surface area contributed by atoms with Crippen molar-refractivity contribution in [2.24, 2.45) is 0 Å². The van der Waals surface area contributed by atoms with Gasteiger partial charge >= 0.3 is 0 Å². The van der Waals surface area contributed by atoms with E-state index in [1.165, 1.54) is 11.3 Å². The summed E-state index contributed by atoms with van der Waals surface area (Å²) in [5.74, 6) is 0.521. The molecule has 0 bridgehead atoms. The Labute approximate surface area is 169 Å². The van der Waals surface area contributed by atoms with Crippen molar-refractivity contribution in [3.8, 4) is 0 Å². The third-order valence-electron chi connectivity index (χ3n) is 4.03. The largest absolute Gasteiger partial charge is 0.467 e. The van der Waals surface area contributed by atoms with Gasteiger partial charge in [-0.2, -0.15) is 0 Å². The molecule has 136 valence electrons. The van der Waals surface area contributed by atoms with Gasteiger partial charge in [0.15, 0.2) is 5.13 Å². The number of halogens is 1.